The van der Waals surface area contributed by atoms with Crippen LogP contribution in [0.1, 0.15) is 34.4 Å². The fourth-order valence-electron chi connectivity index (χ4n) is 2.71. The molecule has 1 amide bonds. The van der Waals surface area contributed by atoms with Crippen molar-refractivity contribution in [1.29, 1.82) is 0 Å². The number of nitrogens with zero attached hydrogens (tertiary/aromatic N) is 4. The van der Waals surface area contributed by atoms with Crippen LogP contribution in [-0.2, 0) is 13.1 Å². The Morgan fingerprint density at radius 1 is 1.40 bits per heavy atom. The second-order valence-corrected chi connectivity index (χ2v) is 5.39. The van der Waals surface area contributed by atoms with Crippen LogP contribution in [0.5, 0.6) is 0 Å². The minimum atomic E-state index is 0.0714. The molecule has 0 unspecified atom stereocenters. The highest BCUT2D eigenvalue weighted by Gasteiger charge is 2.31. The molecule has 0 saturated carbocycles. The Morgan fingerprint density at radius 2 is 2.20 bits per heavy atom. The summed E-state index contributed by atoms with van der Waals surface area (Å²) in [6, 6.07) is 5.80. The quantitative estimate of drug-likeness (QED) is 0.856. The third-order valence-corrected chi connectivity index (χ3v) is 3.77. The van der Waals surface area contributed by atoms with Gasteiger partial charge in [0, 0.05) is 17.9 Å². The van der Waals surface area contributed by atoms with Gasteiger partial charge in [-0.05, 0) is 39.0 Å². The monoisotopic (exact) mass is 270 g/mol. The predicted octanol–water partition coefficient (Wildman–Crippen LogP) is 1.94. The van der Waals surface area contributed by atoms with Crippen molar-refractivity contribution in [2.75, 3.05) is 0 Å². The van der Waals surface area contributed by atoms with E-state index in [0.717, 1.165) is 22.6 Å². The zero-order chi connectivity index (χ0) is 14.3. The summed E-state index contributed by atoms with van der Waals surface area (Å²) in [5, 5.41) is 4.46. The maximum atomic E-state index is 12.4. The van der Waals surface area contributed by atoms with Gasteiger partial charge in [-0.15, -0.1) is 0 Å². The summed E-state index contributed by atoms with van der Waals surface area (Å²) in [7, 11) is 0. The number of pyridine rings is 1. The van der Waals surface area contributed by atoms with Gasteiger partial charge in [-0.2, -0.15) is 5.10 Å². The van der Waals surface area contributed by atoms with Crippen LogP contribution in [-0.4, -0.2) is 31.6 Å². The first kappa shape index (κ1) is 12.8. The van der Waals surface area contributed by atoms with Crippen LogP contribution in [0.2, 0.25) is 0 Å². The largest absolute Gasteiger partial charge is 0.328 e. The molecule has 0 bridgehead atoms. The average Bonchev–Trinajstić information content (AvgIpc) is 2.91. The molecule has 0 aliphatic carbocycles. The summed E-state index contributed by atoms with van der Waals surface area (Å²) in [5.41, 5.74) is 3.73. The van der Waals surface area contributed by atoms with E-state index in [9.17, 15) is 4.79 Å². The maximum Gasteiger partial charge on any atom is 0.256 e. The average molecular weight is 270 g/mol. The van der Waals surface area contributed by atoms with E-state index in [1.165, 1.54) is 0 Å². The van der Waals surface area contributed by atoms with Gasteiger partial charge in [0.05, 0.1) is 30.0 Å². The molecule has 1 atom stereocenters. The van der Waals surface area contributed by atoms with Crippen molar-refractivity contribution < 1.29 is 4.79 Å². The number of hydrogen-bond donors (Lipinski definition) is 0. The lowest BCUT2D eigenvalue weighted by molar-refractivity contribution is 0.0697. The number of hydrogen-bond acceptors (Lipinski definition) is 3. The lowest BCUT2D eigenvalue weighted by Gasteiger charge is -2.24. The number of aromatic nitrogens is 3. The zero-order valence-corrected chi connectivity index (χ0v) is 12.0. The van der Waals surface area contributed by atoms with Crippen LogP contribution in [0.3, 0.4) is 0 Å². The maximum absolute atomic E-state index is 12.4. The highest BCUT2D eigenvalue weighted by atomic mass is 16.2. The van der Waals surface area contributed by atoms with Gasteiger partial charge in [-0.1, -0.05) is 0 Å². The number of aryl methyl sites for hydroxylation is 2. The number of carbonyl (C=O) groups excluding carboxylic acids is 1. The van der Waals surface area contributed by atoms with Crippen LogP contribution in [0, 0.1) is 13.8 Å². The molecule has 20 heavy (non-hydrogen) atoms. The van der Waals surface area contributed by atoms with E-state index in [-0.39, 0.29) is 11.9 Å². The predicted molar refractivity (Wildman–Crippen MR) is 75.3 cm³/mol. The summed E-state index contributed by atoms with van der Waals surface area (Å²) < 4.78 is 1.96. The second kappa shape index (κ2) is 4.74. The Hall–Kier alpha value is -2.17. The molecule has 2 aromatic heterocycles. The van der Waals surface area contributed by atoms with Crippen molar-refractivity contribution in [3.63, 3.8) is 0 Å². The molecule has 3 rings (SSSR count). The minimum Gasteiger partial charge on any atom is -0.328 e. The van der Waals surface area contributed by atoms with E-state index in [4.69, 9.17) is 0 Å². The van der Waals surface area contributed by atoms with Gasteiger partial charge in [0.25, 0.3) is 5.91 Å². The van der Waals surface area contributed by atoms with Gasteiger partial charge in [0.2, 0.25) is 0 Å². The van der Waals surface area contributed by atoms with Crippen molar-refractivity contribution in [1.82, 2.24) is 19.7 Å². The fourth-order valence-corrected chi connectivity index (χ4v) is 2.71. The van der Waals surface area contributed by atoms with Crippen LogP contribution < -0.4 is 0 Å². The molecule has 5 nitrogen and oxygen atoms in total. The Kier molecular flexibility index (Phi) is 3.04. The molecule has 0 fully saturated rings. The Labute approximate surface area is 118 Å². The lowest BCUT2D eigenvalue weighted by atomic mass is 10.2. The zero-order valence-electron chi connectivity index (χ0n) is 12.0. The Balaban J connectivity index is 1.78. The van der Waals surface area contributed by atoms with E-state index >= 15 is 0 Å². The third kappa shape index (κ3) is 2.09. The third-order valence-electron chi connectivity index (χ3n) is 3.77. The van der Waals surface area contributed by atoms with Gasteiger partial charge in [0.1, 0.15) is 0 Å². The van der Waals surface area contributed by atoms with Crippen LogP contribution >= 0.6 is 0 Å². The number of fused-ring (bicyclic) bond motifs is 1. The first-order chi connectivity index (χ1) is 9.56. The molecule has 104 valence electrons. The van der Waals surface area contributed by atoms with E-state index in [0.29, 0.717) is 13.1 Å². The summed E-state index contributed by atoms with van der Waals surface area (Å²) >= 11 is 0. The molecule has 0 aromatic carbocycles. The summed E-state index contributed by atoms with van der Waals surface area (Å²) in [4.78, 5) is 18.5. The van der Waals surface area contributed by atoms with Gasteiger partial charge in [0.15, 0.2) is 0 Å². The van der Waals surface area contributed by atoms with Gasteiger partial charge in [-0.3, -0.25) is 14.5 Å². The minimum absolute atomic E-state index is 0.0714. The van der Waals surface area contributed by atoms with Crippen LogP contribution in [0.25, 0.3) is 0 Å². The smallest absolute Gasteiger partial charge is 0.256 e. The van der Waals surface area contributed by atoms with Crippen LogP contribution in [0.15, 0.2) is 24.4 Å². The SMILES string of the molecule is Cc1cc(C)n(C[C@H](C)N2Cc3ncccc3C2=O)n1. The standard InChI is InChI=1S/C15H18N4O/c1-10-7-11(2)19(17-10)8-12(3)18-9-14-13(15(18)20)5-4-6-16-14/h4-7,12H,8-9H2,1-3H3/t12-/m0/s1. The molecule has 0 radical (unpaired) electrons. The summed E-state index contributed by atoms with van der Waals surface area (Å²) in [6.45, 7) is 7.37. The highest BCUT2D eigenvalue weighted by molar-refractivity contribution is 5.97. The lowest BCUT2D eigenvalue weighted by Crippen LogP contribution is -2.36. The summed E-state index contributed by atoms with van der Waals surface area (Å²) in [6.07, 6.45) is 1.74. The van der Waals surface area contributed by atoms with Gasteiger partial charge >= 0.3 is 0 Å². The Bertz CT molecular complexity index is 662. The normalized spacial score (nSPS) is 15.6. The van der Waals surface area contributed by atoms with E-state index in [2.05, 4.69) is 23.1 Å². The highest BCUT2D eigenvalue weighted by Crippen LogP contribution is 2.23. The molecule has 0 spiro atoms. The first-order valence-electron chi connectivity index (χ1n) is 6.82. The molecule has 3 heterocycles. The van der Waals surface area contributed by atoms with E-state index < -0.39 is 0 Å². The molecule has 5 heteroatoms. The topological polar surface area (TPSA) is 51.0 Å². The van der Waals surface area contributed by atoms with Gasteiger partial charge in [-0.25, -0.2) is 0 Å². The molecular weight excluding hydrogens is 252 g/mol. The molecule has 2 aromatic rings. The van der Waals surface area contributed by atoms with E-state index in [1.807, 2.05) is 35.6 Å². The fraction of sp³-hybridized carbons (Fsp3) is 0.400. The van der Waals surface area contributed by atoms with Crippen molar-refractivity contribution in [3.8, 4) is 0 Å². The number of rotatable bonds is 3. The van der Waals surface area contributed by atoms with Crippen molar-refractivity contribution >= 4 is 5.91 Å². The number of amides is 1. The molecule has 1 aliphatic heterocycles. The molecule has 0 saturated heterocycles. The molecular formula is C15H18N4O. The summed E-state index contributed by atoms with van der Waals surface area (Å²) in [5.74, 6) is 0.0714. The van der Waals surface area contributed by atoms with Crippen molar-refractivity contribution in [3.05, 3.63) is 47.0 Å². The Morgan fingerprint density at radius 3 is 2.85 bits per heavy atom. The van der Waals surface area contributed by atoms with E-state index in [1.54, 1.807) is 6.20 Å². The van der Waals surface area contributed by atoms with Crippen molar-refractivity contribution in [2.45, 2.75) is 39.9 Å². The van der Waals surface area contributed by atoms with Crippen LogP contribution in [0.4, 0.5) is 0 Å². The molecule has 1 aliphatic rings. The first-order valence-corrected chi connectivity index (χ1v) is 6.82. The molecule has 0 N–H and O–H groups in total. The van der Waals surface area contributed by atoms with Crippen molar-refractivity contribution in [2.24, 2.45) is 0 Å². The van der Waals surface area contributed by atoms with Gasteiger partial charge < -0.3 is 4.90 Å². The number of carbonyl (C=O) groups is 1. The second-order valence-electron chi connectivity index (χ2n) is 5.39.